The molecule has 38 heavy (non-hydrogen) atoms. The maximum atomic E-state index is 13.3. The zero-order chi connectivity index (χ0) is 25.2. The fourth-order valence-electron chi connectivity index (χ4n) is 5.65. The Labute approximate surface area is 216 Å². The van der Waals surface area contributed by atoms with Crippen LogP contribution in [0.25, 0.3) is 65.8 Å². The maximum absolute atomic E-state index is 13.3. The van der Waals surface area contributed by atoms with Crippen LogP contribution in [0.3, 0.4) is 0 Å². The summed E-state index contributed by atoms with van der Waals surface area (Å²) in [7, 11) is 0. The van der Waals surface area contributed by atoms with Gasteiger partial charge in [-0.15, -0.1) is 15.0 Å². The molecule has 0 radical (unpaired) electrons. The van der Waals surface area contributed by atoms with Gasteiger partial charge in [0.15, 0.2) is 5.43 Å². The van der Waals surface area contributed by atoms with Crippen LogP contribution in [-0.2, 0) is 0 Å². The van der Waals surface area contributed by atoms with Crippen molar-refractivity contribution >= 4 is 54.4 Å². The predicted octanol–water partition coefficient (Wildman–Crippen LogP) is 7.18. The molecule has 0 unspecified atom stereocenters. The number of hydrogen-bond donors (Lipinski definition) is 0. The van der Waals surface area contributed by atoms with E-state index in [2.05, 4.69) is 47.0 Å². The summed E-state index contributed by atoms with van der Waals surface area (Å²) in [6.07, 6.45) is 0. The standard InChI is InChI=1S/C33H20N4O/c38-33-25-13-5-7-15-28(25)36(29-16-8-6-14-26(29)33)30-19-20-31(24-12-4-3-11-23(24)30)37-34-27-18-17-21-9-1-2-10-22(21)32(27)35-37/h1-20H. The molecule has 0 aliphatic rings. The van der Waals surface area contributed by atoms with E-state index < -0.39 is 0 Å². The van der Waals surface area contributed by atoms with Crippen LogP contribution in [0, 0.1) is 0 Å². The molecular formula is C33H20N4O. The fraction of sp³-hybridized carbons (Fsp3) is 0. The van der Waals surface area contributed by atoms with Crippen LogP contribution in [0.15, 0.2) is 126 Å². The second-order valence-electron chi connectivity index (χ2n) is 9.49. The van der Waals surface area contributed by atoms with E-state index >= 15 is 0 Å². The molecule has 2 heterocycles. The Morgan fingerprint density at radius 2 is 1.03 bits per heavy atom. The quantitative estimate of drug-likeness (QED) is 0.242. The van der Waals surface area contributed by atoms with Gasteiger partial charge in [0.05, 0.1) is 22.4 Å². The number of aromatic nitrogens is 4. The van der Waals surface area contributed by atoms with Crippen molar-refractivity contribution in [1.82, 2.24) is 19.6 Å². The van der Waals surface area contributed by atoms with E-state index in [1.807, 2.05) is 78.9 Å². The molecule has 178 valence electrons. The molecule has 0 spiro atoms. The van der Waals surface area contributed by atoms with E-state index in [4.69, 9.17) is 10.2 Å². The summed E-state index contributed by atoms with van der Waals surface area (Å²) in [6.45, 7) is 0. The van der Waals surface area contributed by atoms with Crippen molar-refractivity contribution in [3.05, 3.63) is 132 Å². The molecule has 0 fully saturated rings. The van der Waals surface area contributed by atoms with Gasteiger partial charge in [-0.05, 0) is 47.9 Å². The molecule has 5 heteroatoms. The number of fused-ring (bicyclic) bond motifs is 6. The van der Waals surface area contributed by atoms with Crippen molar-refractivity contribution in [3.8, 4) is 11.4 Å². The average Bonchev–Trinajstić information content (AvgIpc) is 3.42. The Morgan fingerprint density at radius 3 is 1.74 bits per heavy atom. The van der Waals surface area contributed by atoms with Crippen molar-refractivity contribution in [2.45, 2.75) is 0 Å². The normalized spacial score (nSPS) is 11.8. The molecule has 6 aromatic carbocycles. The summed E-state index contributed by atoms with van der Waals surface area (Å²) < 4.78 is 2.19. The molecular weight excluding hydrogens is 468 g/mol. The van der Waals surface area contributed by atoms with Gasteiger partial charge in [0, 0.05) is 26.9 Å². The Bertz CT molecular complexity index is 2220. The van der Waals surface area contributed by atoms with Crippen molar-refractivity contribution < 1.29 is 0 Å². The number of nitrogens with zero attached hydrogens (tertiary/aromatic N) is 4. The van der Waals surface area contributed by atoms with E-state index in [1.165, 1.54) is 0 Å². The van der Waals surface area contributed by atoms with E-state index in [0.29, 0.717) is 10.8 Å². The summed E-state index contributed by atoms with van der Waals surface area (Å²) >= 11 is 0. The number of para-hydroxylation sites is 2. The molecule has 0 amide bonds. The molecule has 8 aromatic rings. The van der Waals surface area contributed by atoms with E-state index in [9.17, 15) is 4.79 Å². The highest BCUT2D eigenvalue weighted by Crippen LogP contribution is 2.33. The molecule has 0 saturated carbocycles. The summed E-state index contributed by atoms with van der Waals surface area (Å²) in [5, 5.41) is 15.5. The lowest BCUT2D eigenvalue weighted by Gasteiger charge is -2.18. The molecule has 0 atom stereocenters. The van der Waals surface area contributed by atoms with Crippen LogP contribution < -0.4 is 5.43 Å². The summed E-state index contributed by atoms with van der Waals surface area (Å²) in [5.41, 5.74) is 5.45. The third-order valence-corrected chi connectivity index (χ3v) is 7.39. The Balaban J connectivity index is 1.45. The molecule has 0 aliphatic heterocycles. The van der Waals surface area contributed by atoms with Crippen molar-refractivity contribution in [1.29, 1.82) is 0 Å². The van der Waals surface area contributed by atoms with Crippen LogP contribution in [0.1, 0.15) is 0 Å². The SMILES string of the molecule is O=c1c2ccccc2n(-c2ccc(-n3nc4ccc5ccccc5c4n3)c3ccccc23)c2ccccc12. The van der Waals surface area contributed by atoms with E-state index in [0.717, 1.165) is 55.0 Å². The summed E-state index contributed by atoms with van der Waals surface area (Å²) in [6, 6.07) is 40.5. The van der Waals surface area contributed by atoms with Gasteiger partial charge in [-0.25, -0.2) is 0 Å². The minimum atomic E-state index is 0.0491. The van der Waals surface area contributed by atoms with Gasteiger partial charge >= 0.3 is 0 Å². The van der Waals surface area contributed by atoms with Gasteiger partial charge in [0.2, 0.25) is 0 Å². The predicted molar refractivity (Wildman–Crippen MR) is 154 cm³/mol. The lowest BCUT2D eigenvalue weighted by molar-refractivity contribution is 0.771. The van der Waals surface area contributed by atoms with Gasteiger partial charge in [0.25, 0.3) is 0 Å². The van der Waals surface area contributed by atoms with Crippen LogP contribution in [-0.4, -0.2) is 19.6 Å². The zero-order valence-corrected chi connectivity index (χ0v) is 20.2. The first-order valence-electron chi connectivity index (χ1n) is 12.6. The van der Waals surface area contributed by atoms with Gasteiger partial charge in [-0.1, -0.05) is 78.9 Å². The van der Waals surface area contributed by atoms with Crippen LogP contribution in [0.2, 0.25) is 0 Å². The van der Waals surface area contributed by atoms with Gasteiger partial charge in [-0.3, -0.25) is 4.79 Å². The Kier molecular flexibility index (Phi) is 4.31. The number of benzene rings is 6. The highest BCUT2D eigenvalue weighted by molar-refractivity contribution is 6.05. The van der Waals surface area contributed by atoms with Crippen molar-refractivity contribution in [2.24, 2.45) is 0 Å². The number of hydrogen-bond acceptors (Lipinski definition) is 3. The largest absolute Gasteiger partial charge is 0.308 e. The Morgan fingerprint density at radius 1 is 0.474 bits per heavy atom. The zero-order valence-electron chi connectivity index (χ0n) is 20.2. The molecule has 2 aromatic heterocycles. The maximum Gasteiger partial charge on any atom is 0.197 e. The van der Waals surface area contributed by atoms with Crippen LogP contribution >= 0.6 is 0 Å². The lowest BCUT2D eigenvalue weighted by atomic mass is 10.0. The third kappa shape index (κ3) is 2.90. The lowest BCUT2D eigenvalue weighted by Crippen LogP contribution is -2.11. The average molecular weight is 489 g/mol. The topological polar surface area (TPSA) is 52.7 Å². The minimum absolute atomic E-state index is 0.0491. The summed E-state index contributed by atoms with van der Waals surface area (Å²) in [5.74, 6) is 0. The smallest absolute Gasteiger partial charge is 0.197 e. The first-order valence-corrected chi connectivity index (χ1v) is 12.6. The monoisotopic (exact) mass is 488 g/mol. The second kappa shape index (κ2) is 7.85. The molecule has 0 aliphatic carbocycles. The Hall–Kier alpha value is -5.29. The molecule has 0 N–H and O–H groups in total. The van der Waals surface area contributed by atoms with Crippen LogP contribution in [0.5, 0.6) is 0 Å². The second-order valence-corrected chi connectivity index (χ2v) is 9.49. The number of pyridine rings is 1. The minimum Gasteiger partial charge on any atom is -0.308 e. The van der Waals surface area contributed by atoms with Crippen molar-refractivity contribution in [3.63, 3.8) is 0 Å². The highest BCUT2D eigenvalue weighted by atomic mass is 16.1. The molecule has 5 nitrogen and oxygen atoms in total. The van der Waals surface area contributed by atoms with Crippen molar-refractivity contribution in [2.75, 3.05) is 0 Å². The van der Waals surface area contributed by atoms with E-state index in [1.54, 1.807) is 4.80 Å². The fourth-order valence-corrected chi connectivity index (χ4v) is 5.65. The number of rotatable bonds is 2. The van der Waals surface area contributed by atoms with Gasteiger partial charge in [-0.2, -0.15) is 0 Å². The first kappa shape index (κ1) is 20.9. The highest BCUT2D eigenvalue weighted by Gasteiger charge is 2.16. The van der Waals surface area contributed by atoms with Gasteiger partial charge in [0.1, 0.15) is 11.0 Å². The van der Waals surface area contributed by atoms with Crippen LogP contribution in [0.4, 0.5) is 0 Å². The third-order valence-electron chi connectivity index (χ3n) is 7.39. The molecule has 0 saturated heterocycles. The summed E-state index contributed by atoms with van der Waals surface area (Å²) in [4.78, 5) is 15.1. The van der Waals surface area contributed by atoms with E-state index in [-0.39, 0.29) is 5.43 Å². The molecule has 0 bridgehead atoms. The van der Waals surface area contributed by atoms with Gasteiger partial charge < -0.3 is 4.57 Å². The first-order chi connectivity index (χ1) is 18.8. The molecule has 8 rings (SSSR count).